The number of carbonyl (C=O) groups excluding carboxylic acids is 1. The maximum Gasteiger partial charge on any atom is 0.330 e. The minimum absolute atomic E-state index is 0.0469. The fourth-order valence-corrected chi connectivity index (χ4v) is 2.16. The Balaban J connectivity index is 2.16. The highest BCUT2D eigenvalue weighted by molar-refractivity contribution is 6.31. The fourth-order valence-electron chi connectivity index (χ4n) is 1.91. The summed E-state index contributed by atoms with van der Waals surface area (Å²) in [7, 11) is 0. The molecule has 0 saturated heterocycles. The highest BCUT2D eigenvalue weighted by Crippen LogP contribution is 2.28. The number of carbonyl (C=O) groups is 2. The van der Waals surface area contributed by atoms with E-state index in [2.05, 4.69) is 5.32 Å². The number of carboxylic acids is 1. The number of aliphatic carboxylic acids is 1. The summed E-state index contributed by atoms with van der Waals surface area (Å²) in [6.07, 6.45) is 2.70. The standard InChI is InChI=1S/C13H14ClNO3/c14-10-7-2-1-6-9(10)11(13(17)18)15-12(16)8-4-3-5-8/h1-2,6-8,11H,3-5H2,(H,15,16)(H,17,18)/t11-/m1/s1. The largest absolute Gasteiger partial charge is 0.479 e. The Bertz CT molecular complexity index is 471. The van der Waals surface area contributed by atoms with Crippen molar-refractivity contribution in [1.29, 1.82) is 0 Å². The molecule has 2 N–H and O–H groups in total. The Morgan fingerprint density at radius 2 is 2.00 bits per heavy atom. The van der Waals surface area contributed by atoms with Gasteiger partial charge in [0.1, 0.15) is 0 Å². The van der Waals surface area contributed by atoms with Gasteiger partial charge in [-0.2, -0.15) is 0 Å². The van der Waals surface area contributed by atoms with Crippen molar-refractivity contribution in [3.63, 3.8) is 0 Å². The van der Waals surface area contributed by atoms with Crippen LogP contribution in [-0.2, 0) is 9.59 Å². The molecule has 1 aliphatic rings. The van der Waals surface area contributed by atoms with E-state index in [1.54, 1.807) is 24.3 Å². The van der Waals surface area contributed by atoms with Gasteiger partial charge in [-0.3, -0.25) is 4.79 Å². The fraction of sp³-hybridized carbons (Fsp3) is 0.385. The van der Waals surface area contributed by atoms with Crippen molar-refractivity contribution in [2.75, 3.05) is 0 Å². The predicted octanol–water partition coefficient (Wildman–Crippen LogP) is 2.38. The molecular formula is C13H14ClNO3. The summed E-state index contributed by atoms with van der Waals surface area (Å²) in [5, 5.41) is 12.1. The van der Waals surface area contributed by atoms with Crippen molar-refractivity contribution < 1.29 is 14.7 Å². The van der Waals surface area contributed by atoms with E-state index in [9.17, 15) is 14.7 Å². The van der Waals surface area contributed by atoms with Crippen LogP contribution in [0.4, 0.5) is 0 Å². The minimum Gasteiger partial charge on any atom is -0.479 e. The molecule has 4 nitrogen and oxygen atoms in total. The van der Waals surface area contributed by atoms with E-state index >= 15 is 0 Å². The quantitative estimate of drug-likeness (QED) is 0.880. The van der Waals surface area contributed by atoms with Gasteiger partial charge in [0.05, 0.1) is 0 Å². The van der Waals surface area contributed by atoms with Gasteiger partial charge in [-0.25, -0.2) is 4.79 Å². The molecule has 5 heteroatoms. The van der Waals surface area contributed by atoms with Crippen LogP contribution in [0, 0.1) is 5.92 Å². The maximum absolute atomic E-state index is 11.8. The molecule has 0 spiro atoms. The van der Waals surface area contributed by atoms with Crippen molar-refractivity contribution >= 4 is 23.5 Å². The molecule has 1 amide bonds. The monoisotopic (exact) mass is 267 g/mol. The number of carboxylic acid groups (broad SMARTS) is 1. The molecule has 2 rings (SSSR count). The Labute approximate surface area is 110 Å². The first-order valence-corrected chi connectivity index (χ1v) is 6.25. The molecule has 1 fully saturated rings. The van der Waals surface area contributed by atoms with E-state index in [4.69, 9.17) is 11.6 Å². The SMILES string of the molecule is O=C(N[C@@H](C(=O)O)c1ccccc1Cl)C1CCC1. The highest BCUT2D eigenvalue weighted by Gasteiger charge is 2.30. The minimum atomic E-state index is -1.10. The number of rotatable bonds is 4. The lowest BCUT2D eigenvalue weighted by atomic mass is 9.84. The number of hydrogen-bond acceptors (Lipinski definition) is 2. The number of halogens is 1. The Kier molecular flexibility index (Phi) is 3.87. The number of nitrogens with one attached hydrogen (secondary N) is 1. The van der Waals surface area contributed by atoms with Crippen molar-refractivity contribution in [1.82, 2.24) is 5.32 Å². The Hall–Kier alpha value is -1.55. The van der Waals surface area contributed by atoms with Gasteiger partial charge < -0.3 is 10.4 Å². The molecular weight excluding hydrogens is 254 g/mol. The average molecular weight is 268 g/mol. The van der Waals surface area contributed by atoms with Crippen molar-refractivity contribution in [3.05, 3.63) is 34.9 Å². The molecule has 0 aromatic heterocycles. The zero-order valence-corrected chi connectivity index (χ0v) is 10.5. The van der Waals surface area contributed by atoms with Crippen LogP contribution in [0.1, 0.15) is 30.9 Å². The molecule has 1 saturated carbocycles. The summed E-state index contributed by atoms with van der Waals surface area (Å²) in [5.74, 6) is -1.35. The molecule has 96 valence electrons. The molecule has 0 unspecified atom stereocenters. The number of amides is 1. The first-order valence-electron chi connectivity index (χ1n) is 5.87. The van der Waals surface area contributed by atoms with Crippen LogP contribution in [0.25, 0.3) is 0 Å². The van der Waals surface area contributed by atoms with Crippen LogP contribution in [-0.4, -0.2) is 17.0 Å². The van der Waals surface area contributed by atoms with Crippen LogP contribution in [0.3, 0.4) is 0 Å². The number of hydrogen-bond donors (Lipinski definition) is 2. The van der Waals surface area contributed by atoms with Gasteiger partial charge in [-0.1, -0.05) is 36.2 Å². The van der Waals surface area contributed by atoms with Gasteiger partial charge in [0.25, 0.3) is 0 Å². The van der Waals surface area contributed by atoms with E-state index in [-0.39, 0.29) is 11.8 Å². The molecule has 18 heavy (non-hydrogen) atoms. The van der Waals surface area contributed by atoms with E-state index < -0.39 is 12.0 Å². The zero-order chi connectivity index (χ0) is 13.1. The predicted molar refractivity (Wildman–Crippen MR) is 67.3 cm³/mol. The van der Waals surface area contributed by atoms with E-state index in [0.717, 1.165) is 19.3 Å². The van der Waals surface area contributed by atoms with Crippen LogP contribution < -0.4 is 5.32 Å². The third-order valence-electron chi connectivity index (χ3n) is 3.23. The normalized spacial score (nSPS) is 16.7. The lowest BCUT2D eigenvalue weighted by molar-refractivity contribution is -0.143. The third-order valence-corrected chi connectivity index (χ3v) is 3.57. The zero-order valence-electron chi connectivity index (χ0n) is 9.73. The van der Waals surface area contributed by atoms with Crippen LogP contribution in [0.2, 0.25) is 5.02 Å². The second-order valence-corrected chi connectivity index (χ2v) is 4.84. The summed E-state index contributed by atoms with van der Waals surface area (Å²) in [5.41, 5.74) is 0.416. The lowest BCUT2D eigenvalue weighted by Crippen LogP contribution is -2.40. The van der Waals surface area contributed by atoms with E-state index in [1.165, 1.54) is 0 Å². The van der Waals surface area contributed by atoms with Gasteiger partial charge in [-0.05, 0) is 18.9 Å². The molecule has 0 aliphatic heterocycles. The van der Waals surface area contributed by atoms with Gasteiger partial charge in [0.15, 0.2) is 6.04 Å². The average Bonchev–Trinajstić information content (AvgIpc) is 2.24. The summed E-state index contributed by atoms with van der Waals surface area (Å²) in [6.45, 7) is 0. The summed E-state index contributed by atoms with van der Waals surface area (Å²) in [6, 6.07) is 5.57. The Morgan fingerprint density at radius 1 is 1.33 bits per heavy atom. The van der Waals surface area contributed by atoms with E-state index in [0.29, 0.717) is 10.6 Å². The molecule has 0 radical (unpaired) electrons. The van der Waals surface area contributed by atoms with Crippen molar-refractivity contribution in [3.8, 4) is 0 Å². The van der Waals surface area contributed by atoms with Crippen LogP contribution in [0.15, 0.2) is 24.3 Å². The second-order valence-electron chi connectivity index (χ2n) is 4.43. The smallest absolute Gasteiger partial charge is 0.330 e. The summed E-state index contributed by atoms with van der Waals surface area (Å²) >= 11 is 5.96. The maximum atomic E-state index is 11.8. The van der Waals surface area contributed by atoms with Gasteiger partial charge in [0.2, 0.25) is 5.91 Å². The summed E-state index contributed by atoms with van der Waals surface area (Å²) in [4.78, 5) is 23.1. The molecule has 0 bridgehead atoms. The summed E-state index contributed by atoms with van der Waals surface area (Å²) < 4.78 is 0. The first-order chi connectivity index (χ1) is 8.59. The lowest BCUT2D eigenvalue weighted by Gasteiger charge is -2.26. The van der Waals surface area contributed by atoms with Gasteiger partial charge >= 0.3 is 5.97 Å². The van der Waals surface area contributed by atoms with Gasteiger partial charge in [0, 0.05) is 16.5 Å². The molecule has 1 aromatic carbocycles. The molecule has 1 atom stereocenters. The molecule has 0 heterocycles. The van der Waals surface area contributed by atoms with Crippen molar-refractivity contribution in [2.45, 2.75) is 25.3 Å². The number of benzene rings is 1. The van der Waals surface area contributed by atoms with Gasteiger partial charge in [-0.15, -0.1) is 0 Å². The topological polar surface area (TPSA) is 66.4 Å². The highest BCUT2D eigenvalue weighted by atomic mass is 35.5. The van der Waals surface area contributed by atoms with E-state index in [1.807, 2.05) is 0 Å². The first kappa shape index (κ1) is 12.9. The molecule has 1 aliphatic carbocycles. The second kappa shape index (κ2) is 5.40. The Morgan fingerprint density at radius 3 is 2.50 bits per heavy atom. The molecule has 1 aromatic rings. The van der Waals surface area contributed by atoms with Crippen molar-refractivity contribution in [2.24, 2.45) is 5.92 Å². The van der Waals surface area contributed by atoms with Crippen LogP contribution >= 0.6 is 11.6 Å². The van der Waals surface area contributed by atoms with Crippen LogP contribution in [0.5, 0.6) is 0 Å². The third kappa shape index (κ3) is 2.64.